The molecular formula is C14H16BFN4. The number of allylic oxidation sites excluding steroid dienone is 2. The van der Waals surface area contributed by atoms with Crippen molar-refractivity contribution in [3.8, 4) is 0 Å². The highest BCUT2D eigenvalue weighted by molar-refractivity contribution is 6.23. The van der Waals surface area contributed by atoms with Crippen LogP contribution in [0.1, 0.15) is 25.0 Å². The van der Waals surface area contributed by atoms with Crippen LogP contribution >= 0.6 is 0 Å². The zero-order valence-electron chi connectivity index (χ0n) is 11.1. The van der Waals surface area contributed by atoms with E-state index in [9.17, 15) is 4.39 Å². The number of nitrogens with one attached hydrogen (secondary N) is 1. The number of aliphatic imine (C=N–C) groups is 1. The van der Waals surface area contributed by atoms with Gasteiger partial charge in [-0.15, -0.1) is 0 Å². The first-order valence-corrected chi connectivity index (χ1v) is 6.38. The Bertz CT molecular complexity index is 564. The monoisotopic (exact) mass is 270 g/mol. The van der Waals surface area contributed by atoms with Crippen LogP contribution in [0.5, 0.6) is 0 Å². The minimum absolute atomic E-state index is 0.180. The Morgan fingerprint density at radius 2 is 2.35 bits per heavy atom. The summed E-state index contributed by atoms with van der Waals surface area (Å²) in [5, 5.41) is 2.77. The molecule has 0 saturated heterocycles. The van der Waals surface area contributed by atoms with E-state index in [0.717, 1.165) is 19.3 Å². The lowest BCUT2D eigenvalue weighted by atomic mass is 9.74. The maximum Gasteiger partial charge on any atom is 0.193 e. The molecule has 6 heteroatoms. The molecule has 102 valence electrons. The highest BCUT2D eigenvalue weighted by atomic mass is 19.1. The van der Waals surface area contributed by atoms with Crippen LogP contribution in [0, 0.1) is 5.82 Å². The van der Waals surface area contributed by atoms with Gasteiger partial charge in [-0.3, -0.25) is 4.98 Å². The van der Waals surface area contributed by atoms with Crippen molar-refractivity contribution < 1.29 is 4.39 Å². The fourth-order valence-corrected chi connectivity index (χ4v) is 2.12. The summed E-state index contributed by atoms with van der Waals surface area (Å²) in [6.07, 6.45) is 6.96. The number of hydrogen-bond donors (Lipinski definition) is 2. The van der Waals surface area contributed by atoms with Gasteiger partial charge in [0.2, 0.25) is 0 Å². The van der Waals surface area contributed by atoms with Crippen LogP contribution in [0.3, 0.4) is 0 Å². The molecule has 3 N–H and O–H groups in total. The molecule has 1 aromatic heterocycles. The fourth-order valence-electron chi connectivity index (χ4n) is 2.12. The van der Waals surface area contributed by atoms with E-state index in [1.165, 1.54) is 18.3 Å². The summed E-state index contributed by atoms with van der Waals surface area (Å²) < 4.78 is 13.9. The maximum absolute atomic E-state index is 13.9. The zero-order chi connectivity index (χ0) is 14.6. The lowest BCUT2D eigenvalue weighted by molar-refractivity contribution is 0.239. The number of nitrogens with zero attached hydrogens (tertiary/aromatic N) is 2. The van der Waals surface area contributed by atoms with Crippen molar-refractivity contribution in [1.82, 2.24) is 10.3 Å². The van der Waals surface area contributed by atoms with Gasteiger partial charge in [0.05, 0.1) is 0 Å². The van der Waals surface area contributed by atoms with Gasteiger partial charge in [-0.1, -0.05) is 18.1 Å². The number of pyridine rings is 1. The first kappa shape index (κ1) is 14.3. The molecule has 4 nitrogen and oxygen atoms in total. The molecule has 2 radical (unpaired) electrons. The van der Waals surface area contributed by atoms with Crippen molar-refractivity contribution in [3.05, 3.63) is 54.2 Å². The molecule has 1 aliphatic carbocycles. The predicted octanol–water partition coefficient (Wildman–Crippen LogP) is 1.70. The van der Waals surface area contributed by atoms with E-state index in [4.69, 9.17) is 13.6 Å². The van der Waals surface area contributed by atoms with E-state index in [1.54, 1.807) is 12.3 Å². The second-order valence-corrected chi connectivity index (χ2v) is 4.71. The molecule has 1 fully saturated rings. The van der Waals surface area contributed by atoms with Crippen molar-refractivity contribution >= 4 is 13.8 Å². The van der Waals surface area contributed by atoms with Crippen LogP contribution in [0.4, 0.5) is 4.39 Å². The summed E-state index contributed by atoms with van der Waals surface area (Å²) in [7, 11) is 5.56. The lowest BCUT2D eigenvalue weighted by Crippen LogP contribution is -2.39. The second kappa shape index (κ2) is 5.90. The summed E-state index contributed by atoms with van der Waals surface area (Å²) in [5.41, 5.74) is 5.93. The normalized spacial score (nSPS) is 18.2. The minimum Gasteiger partial charge on any atom is -0.370 e. The van der Waals surface area contributed by atoms with Gasteiger partial charge < -0.3 is 11.1 Å². The Hall–Kier alpha value is -2.11. The van der Waals surface area contributed by atoms with Gasteiger partial charge >= 0.3 is 0 Å². The van der Waals surface area contributed by atoms with Crippen molar-refractivity contribution in [2.45, 2.75) is 24.8 Å². The topological polar surface area (TPSA) is 63.3 Å². The van der Waals surface area contributed by atoms with Crippen molar-refractivity contribution in [1.29, 1.82) is 0 Å². The third kappa shape index (κ3) is 2.90. The van der Waals surface area contributed by atoms with Crippen molar-refractivity contribution in [2.75, 3.05) is 0 Å². The minimum atomic E-state index is -0.667. The summed E-state index contributed by atoms with van der Waals surface area (Å²) >= 11 is 0. The molecule has 0 atom stereocenters. The van der Waals surface area contributed by atoms with E-state index >= 15 is 0 Å². The standard InChI is InChI=1S/C14H16BFN4/c1-2-10(15)9-19-13(17)20-14(6-4-7-14)12-11(16)5-3-8-18-12/h2-3,5,8-9H,1,4,6-7H2,(H3,17,19,20)/b10-9+. The molecule has 0 spiro atoms. The van der Waals surface area contributed by atoms with Crippen LogP contribution in [0.2, 0.25) is 0 Å². The SMILES string of the molecule is [B]/C(C=C)=C/NC(N)=NC1(c2ncccc2F)CCC1. The Morgan fingerprint density at radius 1 is 1.60 bits per heavy atom. The first-order chi connectivity index (χ1) is 9.57. The first-order valence-electron chi connectivity index (χ1n) is 6.38. The average molecular weight is 270 g/mol. The number of aromatic nitrogens is 1. The van der Waals surface area contributed by atoms with Gasteiger partial charge in [0.1, 0.15) is 24.9 Å². The summed E-state index contributed by atoms with van der Waals surface area (Å²) in [6.45, 7) is 3.53. The fraction of sp³-hybridized carbons (Fsp3) is 0.286. The number of nitrogens with two attached hydrogens (primary N) is 1. The van der Waals surface area contributed by atoms with Crippen molar-refractivity contribution in [2.24, 2.45) is 10.7 Å². The van der Waals surface area contributed by atoms with E-state index < -0.39 is 5.54 Å². The molecule has 0 aliphatic heterocycles. The van der Waals surface area contributed by atoms with Crippen LogP contribution in [-0.2, 0) is 5.54 Å². The molecule has 1 saturated carbocycles. The number of halogens is 1. The Morgan fingerprint density at radius 3 is 2.90 bits per heavy atom. The van der Waals surface area contributed by atoms with Crippen LogP contribution in [0.25, 0.3) is 0 Å². The summed E-state index contributed by atoms with van der Waals surface area (Å²) in [5.74, 6) is -0.176. The van der Waals surface area contributed by atoms with Crippen LogP contribution < -0.4 is 11.1 Å². The van der Waals surface area contributed by atoms with Gasteiger partial charge in [-0.25, -0.2) is 9.38 Å². The molecular weight excluding hydrogens is 254 g/mol. The number of rotatable bonds is 4. The molecule has 2 rings (SSSR count). The van der Waals surface area contributed by atoms with Gasteiger partial charge in [0.25, 0.3) is 0 Å². The number of hydrogen-bond acceptors (Lipinski definition) is 2. The van der Waals surface area contributed by atoms with Crippen molar-refractivity contribution in [3.63, 3.8) is 0 Å². The van der Waals surface area contributed by atoms with Gasteiger partial charge in [-0.2, -0.15) is 0 Å². The van der Waals surface area contributed by atoms with E-state index in [1.807, 2.05) is 0 Å². The average Bonchev–Trinajstić information content (AvgIpc) is 2.41. The van der Waals surface area contributed by atoms with Crippen LogP contribution in [0.15, 0.2) is 47.6 Å². The second-order valence-electron chi connectivity index (χ2n) is 4.71. The molecule has 1 heterocycles. The molecule has 0 aromatic carbocycles. The quantitative estimate of drug-likeness (QED) is 0.379. The lowest BCUT2D eigenvalue weighted by Gasteiger charge is -2.37. The Balaban J connectivity index is 2.24. The molecule has 1 aliphatic rings. The smallest absolute Gasteiger partial charge is 0.193 e. The molecule has 0 unspecified atom stereocenters. The van der Waals surface area contributed by atoms with Gasteiger partial charge in [0.15, 0.2) is 5.96 Å². The molecule has 20 heavy (non-hydrogen) atoms. The summed E-state index contributed by atoms with van der Waals surface area (Å²) in [4.78, 5) is 8.51. The van der Waals surface area contributed by atoms with E-state index in [-0.39, 0.29) is 11.8 Å². The highest BCUT2D eigenvalue weighted by Gasteiger charge is 2.42. The third-order valence-corrected chi connectivity index (χ3v) is 3.34. The largest absolute Gasteiger partial charge is 0.370 e. The Kier molecular flexibility index (Phi) is 4.22. The predicted molar refractivity (Wildman–Crippen MR) is 78.5 cm³/mol. The maximum atomic E-state index is 13.9. The van der Waals surface area contributed by atoms with E-state index in [0.29, 0.717) is 11.2 Å². The van der Waals surface area contributed by atoms with Crippen LogP contribution in [-0.4, -0.2) is 18.8 Å². The molecule has 0 amide bonds. The molecule has 1 aromatic rings. The summed E-state index contributed by atoms with van der Waals surface area (Å²) in [6, 6.07) is 2.95. The van der Waals surface area contributed by atoms with Gasteiger partial charge in [0, 0.05) is 6.20 Å². The zero-order valence-corrected chi connectivity index (χ0v) is 11.1. The number of guanidine groups is 1. The third-order valence-electron chi connectivity index (χ3n) is 3.34. The van der Waals surface area contributed by atoms with Gasteiger partial charge in [-0.05, 0) is 37.6 Å². The highest BCUT2D eigenvalue weighted by Crippen LogP contribution is 2.44. The molecule has 0 bridgehead atoms. The Labute approximate surface area is 119 Å². The van der Waals surface area contributed by atoms with E-state index in [2.05, 4.69) is 21.9 Å².